The van der Waals surface area contributed by atoms with Gasteiger partial charge in [-0.05, 0) is 6.42 Å². The summed E-state index contributed by atoms with van der Waals surface area (Å²) in [5.74, 6) is -3.52. The molecule has 5 nitrogen and oxygen atoms in total. The molecule has 1 N–H and O–H groups in total. The number of fused-ring (bicyclic) bond motifs is 1. The highest BCUT2D eigenvalue weighted by Gasteiger charge is 2.56. The van der Waals surface area contributed by atoms with E-state index in [1.165, 1.54) is 0 Å². The molecule has 0 spiro atoms. The van der Waals surface area contributed by atoms with Gasteiger partial charge in [-0.15, -0.1) is 0 Å². The second-order valence-corrected chi connectivity index (χ2v) is 4.07. The fourth-order valence-corrected chi connectivity index (χ4v) is 2.40. The van der Waals surface area contributed by atoms with Crippen molar-refractivity contribution in [2.24, 2.45) is 0 Å². The van der Waals surface area contributed by atoms with Gasteiger partial charge in [-0.2, -0.15) is 13.2 Å². The zero-order valence-electron chi connectivity index (χ0n) is 8.61. The number of amides is 1. The van der Waals surface area contributed by atoms with Crippen molar-refractivity contribution in [3.63, 3.8) is 0 Å². The SMILES string of the molecule is O=C(O)C1C[C@@H]2OCC[C@@H]2N1C(=O)C(F)(F)F. The molecule has 96 valence electrons. The van der Waals surface area contributed by atoms with Gasteiger partial charge in [0.2, 0.25) is 0 Å². The molecule has 0 saturated carbocycles. The number of carbonyl (C=O) groups is 2. The van der Waals surface area contributed by atoms with Crippen LogP contribution >= 0.6 is 0 Å². The molecule has 2 rings (SSSR count). The van der Waals surface area contributed by atoms with Crippen LogP contribution in [-0.2, 0) is 14.3 Å². The minimum absolute atomic E-state index is 0.0815. The maximum absolute atomic E-state index is 12.4. The lowest BCUT2D eigenvalue weighted by atomic mass is 10.1. The monoisotopic (exact) mass is 253 g/mol. The number of alkyl halides is 3. The molecule has 1 amide bonds. The summed E-state index contributed by atoms with van der Waals surface area (Å²) in [4.78, 5) is 22.5. The molecule has 0 aromatic heterocycles. The Balaban J connectivity index is 2.27. The average Bonchev–Trinajstić information content (AvgIpc) is 2.72. The molecule has 0 radical (unpaired) electrons. The first-order valence-electron chi connectivity index (χ1n) is 5.06. The van der Waals surface area contributed by atoms with E-state index in [0.717, 1.165) is 0 Å². The van der Waals surface area contributed by atoms with Crippen LogP contribution in [-0.4, -0.2) is 52.9 Å². The highest BCUT2D eigenvalue weighted by Crippen LogP contribution is 2.36. The van der Waals surface area contributed by atoms with Crippen LogP contribution < -0.4 is 0 Å². The summed E-state index contributed by atoms with van der Waals surface area (Å²) >= 11 is 0. The van der Waals surface area contributed by atoms with Gasteiger partial charge in [0.25, 0.3) is 0 Å². The fraction of sp³-hybridized carbons (Fsp3) is 0.778. The third-order valence-corrected chi connectivity index (χ3v) is 3.09. The summed E-state index contributed by atoms with van der Waals surface area (Å²) in [6.07, 6.45) is -5.48. The third kappa shape index (κ3) is 1.97. The normalized spacial score (nSPS) is 32.6. The molecular weight excluding hydrogens is 243 g/mol. The van der Waals surface area contributed by atoms with Crippen molar-refractivity contribution in [1.82, 2.24) is 4.90 Å². The molecule has 1 unspecified atom stereocenters. The van der Waals surface area contributed by atoms with Gasteiger partial charge in [0.15, 0.2) is 0 Å². The molecule has 17 heavy (non-hydrogen) atoms. The van der Waals surface area contributed by atoms with Crippen molar-refractivity contribution in [1.29, 1.82) is 0 Å². The number of nitrogens with zero attached hydrogens (tertiary/aromatic N) is 1. The van der Waals surface area contributed by atoms with Crippen molar-refractivity contribution >= 4 is 11.9 Å². The fourth-order valence-electron chi connectivity index (χ4n) is 2.40. The number of likely N-dealkylation sites (tertiary alicyclic amines) is 1. The van der Waals surface area contributed by atoms with E-state index in [1.807, 2.05) is 0 Å². The quantitative estimate of drug-likeness (QED) is 0.734. The lowest BCUT2D eigenvalue weighted by molar-refractivity contribution is -0.190. The Hall–Kier alpha value is -1.31. The minimum Gasteiger partial charge on any atom is -0.480 e. The van der Waals surface area contributed by atoms with Gasteiger partial charge in [0.1, 0.15) is 6.04 Å². The van der Waals surface area contributed by atoms with E-state index < -0.39 is 36.2 Å². The molecule has 2 fully saturated rings. The van der Waals surface area contributed by atoms with Crippen molar-refractivity contribution in [2.75, 3.05) is 6.61 Å². The molecule has 3 atom stereocenters. The van der Waals surface area contributed by atoms with Gasteiger partial charge in [-0.1, -0.05) is 0 Å². The number of aliphatic carboxylic acids is 1. The topological polar surface area (TPSA) is 66.8 Å². The van der Waals surface area contributed by atoms with Crippen LogP contribution in [0.25, 0.3) is 0 Å². The standard InChI is InChI=1S/C9H10F3NO4/c10-9(11,12)8(16)13-4-1-2-17-6(4)3-5(13)7(14)15/h4-6H,1-3H2,(H,14,15)/t4-,5?,6-/m0/s1. The maximum Gasteiger partial charge on any atom is 0.471 e. The van der Waals surface area contributed by atoms with E-state index in [-0.39, 0.29) is 19.4 Å². The largest absolute Gasteiger partial charge is 0.480 e. The summed E-state index contributed by atoms with van der Waals surface area (Å²) in [6, 6.07) is -2.22. The van der Waals surface area contributed by atoms with Crippen molar-refractivity contribution in [3.8, 4) is 0 Å². The predicted molar refractivity (Wildman–Crippen MR) is 47.1 cm³/mol. The Morgan fingerprint density at radius 2 is 2.00 bits per heavy atom. The van der Waals surface area contributed by atoms with E-state index >= 15 is 0 Å². The van der Waals surface area contributed by atoms with E-state index in [2.05, 4.69) is 0 Å². The van der Waals surface area contributed by atoms with Gasteiger partial charge >= 0.3 is 18.1 Å². The number of halogens is 3. The molecule has 0 aromatic carbocycles. The number of rotatable bonds is 1. The van der Waals surface area contributed by atoms with Crippen LogP contribution in [0.1, 0.15) is 12.8 Å². The average molecular weight is 253 g/mol. The summed E-state index contributed by atoms with van der Waals surface area (Å²) < 4.78 is 42.2. The summed E-state index contributed by atoms with van der Waals surface area (Å²) in [6.45, 7) is 0.253. The predicted octanol–water partition coefficient (Wildman–Crippen LogP) is 0.392. The number of hydrogen-bond donors (Lipinski definition) is 1. The van der Waals surface area contributed by atoms with E-state index in [9.17, 15) is 22.8 Å². The van der Waals surface area contributed by atoms with Crippen LogP contribution in [0.15, 0.2) is 0 Å². The smallest absolute Gasteiger partial charge is 0.471 e. The molecule has 2 saturated heterocycles. The molecule has 2 heterocycles. The van der Waals surface area contributed by atoms with Crippen LogP contribution in [0, 0.1) is 0 Å². The minimum atomic E-state index is -5.05. The number of hydrogen-bond acceptors (Lipinski definition) is 3. The zero-order valence-corrected chi connectivity index (χ0v) is 8.61. The van der Waals surface area contributed by atoms with Crippen molar-refractivity contribution in [3.05, 3.63) is 0 Å². The Morgan fingerprint density at radius 3 is 2.53 bits per heavy atom. The van der Waals surface area contributed by atoms with Gasteiger partial charge in [-0.25, -0.2) is 4.79 Å². The highest BCUT2D eigenvalue weighted by atomic mass is 19.4. The molecule has 0 aromatic rings. The summed E-state index contributed by atoms with van der Waals surface area (Å²) in [5, 5.41) is 8.84. The van der Waals surface area contributed by atoms with E-state index in [1.54, 1.807) is 0 Å². The zero-order chi connectivity index (χ0) is 12.8. The first-order valence-corrected chi connectivity index (χ1v) is 5.06. The lowest BCUT2D eigenvalue weighted by Gasteiger charge is -2.27. The molecule has 2 aliphatic rings. The van der Waals surface area contributed by atoms with Crippen molar-refractivity contribution in [2.45, 2.75) is 37.2 Å². The van der Waals surface area contributed by atoms with Gasteiger partial charge < -0.3 is 14.7 Å². The van der Waals surface area contributed by atoms with Gasteiger partial charge in [0, 0.05) is 13.0 Å². The first kappa shape index (κ1) is 12.2. The molecule has 2 aliphatic heterocycles. The Kier molecular flexibility index (Phi) is 2.76. The van der Waals surface area contributed by atoms with Gasteiger partial charge in [-0.3, -0.25) is 4.79 Å². The molecule has 0 bridgehead atoms. The third-order valence-electron chi connectivity index (χ3n) is 3.09. The maximum atomic E-state index is 12.4. The van der Waals surface area contributed by atoms with Crippen LogP contribution in [0.5, 0.6) is 0 Å². The second kappa shape index (κ2) is 3.86. The molecule has 8 heteroatoms. The Labute approximate surface area is 94.1 Å². The van der Waals surface area contributed by atoms with Crippen LogP contribution in [0.4, 0.5) is 13.2 Å². The molecule has 0 aliphatic carbocycles. The van der Waals surface area contributed by atoms with Crippen LogP contribution in [0.2, 0.25) is 0 Å². The number of carboxylic acids is 1. The number of carbonyl (C=O) groups excluding carboxylic acids is 1. The number of carboxylic acid groups (broad SMARTS) is 1. The van der Waals surface area contributed by atoms with Crippen molar-refractivity contribution < 1.29 is 32.6 Å². The van der Waals surface area contributed by atoms with E-state index in [4.69, 9.17) is 9.84 Å². The number of ether oxygens (including phenoxy) is 1. The summed E-state index contributed by atoms with van der Waals surface area (Å²) in [7, 11) is 0. The van der Waals surface area contributed by atoms with Crippen LogP contribution in [0.3, 0.4) is 0 Å². The second-order valence-electron chi connectivity index (χ2n) is 4.07. The lowest BCUT2D eigenvalue weighted by Crippen LogP contribution is -2.50. The Bertz CT molecular complexity index is 357. The van der Waals surface area contributed by atoms with E-state index in [0.29, 0.717) is 4.90 Å². The first-order chi connectivity index (χ1) is 7.82. The summed E-state index contributed by atoms with van der Waals surface area (Å²) in [5.41, 5.74) is 0. The Morgan fingerprint density at radius 1 is 1.35 bits per heavy atom. The van der Waals surface area contributed by atoms with Gasteiger partial charge in [0.05, 0.1) is 12.1 Å². The molecular formula is C9H10F3NO4. The highest BCUT2D eigenvalue weighted by molar-refractivity contribution is 5.88.